The summed E-state index contributed by atoms with van der Waals surface area (Å²) in [7, 11) is 33.1. The van der Waals surface area contributed by atoms with Crippen LogP contribution in [0.4, 0.5) is 4.39 Å². The molecule has 3 atom stereocenters. The molecular weight excluding hydrogens is 575 g/mol. The van der Waals surface area contributed by atoms with Crippen LogP contribution in [0.25, 0.3) is 0 Å². The predicted octanol–water partition coefficient (Wildman–Crippen LogP) is -0.431. The van der Waals surface area contributed by atoms with Gasteiger partial charge in [0.15, 0.2) is 6.29 Å². The van der Waals surface area contributed by atoms with Crippen LogP contribution in [0, 0.1) is 5.82 Å². The highest BCUT2D eigenvalue weighted by molar-refractivity contribution is 6.63. The lowest BCUT2D eigenvalue weighted by Gasteiger charge is -2.56. The third-order valence-electron chi connectivity index (χ3n) is 8.09. The summed E-state index contributed by atoms with van der Waals surface area (Å²) in [4.78, 5) is 39.2. The number of carbonyl (C=O) groups excluding carboxylic acids is 3. The third-order valence-corrected chi connectivity index (χ3v) is 8.09. The third kappa shape index (κ3) is 6.95. The van der Waals surface area contributed by atoms with Gasteiger partial charge in [-0.05, 0) is 33.0 Å². The van der Waals surface area contributed by atoms with Crippen molar-refractivity contribution in [3.05, 3.63) is 64.5 Å². The van der Waals surface area contributed by atoms with Gasteiger partial charge in [-0.1, -0.05) is 34.7 Å². The molecule has 0 bridgehead atoms. The summed E-state index contributed by atoms with van der Waals surface area (Å²) in [6.07, 6.45) is -0.0268. The van der Waals surface area contributed by atoms with Gasteiger partial charge in [0.25, 0.3) is 5.91 Å². The Labute approximate surface area is 269 Å². The Hall–Kier alpha value is -2.90. The zero-order valence-corrected chi connectivity index (χ0v) is 25.7. The van der Waals surface area contributed by atoms with Crippen molar-refractivity contribution in [1.82, 2.24) is 15.1 Å². The van der Waals surface area contributed by atoms with Gasteiger partial charge in [0.1, 0.15) is 32.3 Å². The first kappa shape index (κ1) is 36.6. The number of aldehydes is 2. The number of nitrogens with one attached hydrogen (secondary N) is 1. The van der Waals surface area contributed by atoms with Crippen molar-refractivity contribution in [2.45, 2.75) is 61.0 Å². The van der Waals surface area contributed by atoms with E-state index >= 15 is 4.39 Å². The maximum absolute atomic E-state index is 15.8. The molecule has 3 rings (SSSR count). The minimum absolute atomic E-state index is 0.0198. The first-order valence-electron chi connectivity index (χ1n) is 14.1. The van der Waals surface area contributed by atoms with Gasteiger partial charge in [-0.25, -0.2) is 9.29 Å². The van der Waals surface area contributed by atoms with Crippen molar-refractivity contribution in [3.8, 4) is 5.75 Å². The fourth-order valence-corrected chi connectivity index (χ4v) is 5.36. The van der Waals surface area contributed by atoms with Gasteiger partial charge in [0.05, 0.1) is 49.2 Å². The lowest BCUT2D eigenvalue weighted by Crippen LogP contribution is -2.67. The Kier molecular flexibility index (Phi) is 11.3. The van der Waals surface area contributed by atoms with Crippen LogP contribution < -0.4 is 10.1 Å². The van der Waals surface area contributed by atoms with Crippen LogP contribution in [-0.2, 0) is 33.4 Å². The second-order valence-corrected chi connectivity index (χ2v) is 11.4. The topological polar surface area (TPSA) is 129 Å². The highest BCUT2D eigenvalue weighted by atomic mass is 19.1. The molecule has 16 heteroatoms. The van der Waals surface area contributed by atoms with E-state index in [1.165, 1.54) is 55.4 Å². The van der Waals surface area contributed by atoms with Crippen LogP contribution in [0.5, 0.6) is 5.75 Å². The van der Waals surface area contributed by atoms with E-state index in [1.54, 1.807) is 13.8 Å². The van der Waals surface area contributed by atoms with Gasteiger partial charge in [-0.2, -0.15) is 0 Å². The van der Waals surface area contributed by atoms with E-state index in [1.807, 2.05) is 0 Å². The molecule has 2 aromatic carbocycles. The summed E-state index contributed by atoms with van der Waals surface area (Å²) in [5.74, 6) is -4.40. The average Bonchev–Trinajstić information content (AvgIpc) is 2.99. The molecule has 1 heterocycles. The molecule has 10 nitrogen and oxygen atoms in total. The van der Waals surface area contributed by atoms with E-state index in [9.17, 15) is 24.6 Å². The quantitative estimate of drug-likeness (QED) is 0.158. The van der Waals surface area contributed by atoms with Crippen LogP contribution in [0.15, 0.2) is 36.4 Å². The number of hydrogen-bond acceptors (Lipinski definition) is 9. The van der Waals surface area contributed by atoms with Gasteiger partial charge in [-0.3, -0.25) is 14.5 Å². The summed E-state index contributed by atoms with van der Waals surface area (Å²) in [5.41, 5.74) is -2.50. The lowest BCUT2D eigenvalue weighted by molar-refractivity contribution is -0.300. The largest absolute Gasteiger partial charge is 0.488 e. The maximum atomic E-state index is 15.8. The molecule has 0 spiro atoms. The fourth-order valence-electron chi connectivity index (χ4n) is 5.36. The van der Waals surface area contributed by atoms with Crippen molar-refractivity contribution >= 4 is 57.7 Å². The minimum Gasteiger partial charge on any atom is -0.488 e. The number of carbonyl (C=O) groups is 3. The highest BCUT2D eigenvalue weighted by Gasteiger charge is 2.54. The van der Waals surface area contributed by atoms with E-state index in [0.717, 1.165) is 4.90 Å². The first-order valence-corrected chi connectivity index (χ1v) is 14.1. The molecular formula is C29H33B5FN3O7. The molecule has 1 aliphatic heterocycles. The zero-order valence-electron chi connectivity index (χ0n) is 25.7. The molecule has 10 radical (unpaired) electrons. The molecule has 2 aromatic rings. The second kappa shape index (κ2) is 13.8. The Morgan fingerprint density at radius 1 is 1.11 bits per heavy atom. The van der Waals surface area contributed by atoms with Crippen molar-refractivity contribution < 1.29 is 38.5 Å². The van der Waals surface area contributed by atoms with Gasteiger partial charge in [0, 0.05) is 48.8 Å². The van der Waals surface area contributed by atoms with Crippen LogP contribution in [-0.4, -0.2) is 123 Å². The Morgan fingerprint density at radius 2 is 1.71 bits per heavy atom. The summed E-state index contributed by atoms with van der Waals surface area (Å²) < 4.78 is 27.4. The van der Waals surface area contributed by atoms with Crippen molar-refractivity contribution in [1.29, 1.82) is 0 Å². The number of aliphatic hydroxyl groups is 2. The van der Waals surface area contributed by atoms with Crippen LogP contribution in [0.3, 0.4) is 0 Å². The van der Waals surface area contributed by atoms with Crippen molar-refractivity contribution in [3.63, 3.8) is 0 Å². The number of hydrogen-bond donors (Lipinski definition) is 3. The number of benzene rings is 2. The summed E-state index contributed by atoms with van der Waals surface area (Å²) in [5, 5.41) is 19.4. The molecule has 1 saturated heterocycles. The highest BCUT2D eigenvalue weighted by Crippen LogP contribution is 2.50. The van der Waals surface area contributed by atoms with Crippen LogP contribution >= 0.6 is 0 Å². The van der Waals surface area contributed by atoms with E-state index in [2.05, 4.69) is 5.32 Å². The number of ether oxygens (including phenoxy) is 2. The van der Waals surface area contributed by atoms with Crippen molar-refractivity contribution in [2.75, 3.05) is 27.2 Å². The summed E-state index contributed by atoms with van der Waals surface area (Å²) >= 11 is 0. The number of rotatable bonds is 13. The smallest absolute Gasteiger partial charge is 0.256 e. The standard InChI is InChI=1S/C29H33B5FN3O7/c1-17-11-38(12-18(2)45-17)28(42,43)22-9-5-8-20(24(22)35)15-44-23-10-6-7-19(14-39)21(23)13-37(4)27(32,25(41)36-3)29(33,34)26(30,31)16-40/h5-10,14,16-18,42-43H,11-13,15H2,1-4H3,(H,36,41). The fraction of sp³-hybridized carbons (Fsp3) is 0.483. The van der Waals surface area contributed by atoms with E-state index < -0.39 is 40.1 Å². The van der Waals surface area contributed by atoms with E-state index in [-0.39, 0.29) is 66.1 Å². The molecule has 0 aliphatic carbocycles. The normalized spacial score (nSPS) is 19.5. The number of amides is 1. The first-order chi connectivity index (χ1) is 20.9. The van der Waals surface area contributed by atoms with Crippen molar-refractivity contribution in [2.24, 2.45) is 0 Å². The molecule has 0 aromatic heterocycles. The number of nitrogens with zero attached hydrogens (tertiary/aromatic N) is 2. The molecule has 1 amide bonds. The number of morpholine rings is 1. The van der Waals surface area contributed by atoms with Gasteiger partial charge < -0.3 is 29.8 Å². The van der Waals surface area contributed by atoms with E-state index in [4.69, 9.17) is 48.7 Å². The van der Waals surface area contributed by atoms with Crippen LogP contribution in [0.2, 0.25) is 10.4 Å². The Bertz CT molecular complexity index is 1410. The molecule has 1 fully saturated rings. The van der Waals surface area contributed by atoms with Crippen LogP contribution in [0.1, 0.15) is 40.9 Å². The summed E-state index contributed by atoms with van der Waals surface area (Å²) in [6.45, 7) is 3.15. The average molecular weight is 609 g/mol. The number of likely N-dealkylation sites (N-methyl/N-ethyl adjacent to an activating group) is 2. The lowest BCUT2D eigenvalue weighted by atomic mass is 9.23. The van der Waals surface area contributed by atoms with Gasteiger partial charge in [-0.15, -0.1) is 0 Å². The molecule has 1 aliphatic rings. The Balaban J connectivity index is 1.96. The SMILES string of the molecule is [B]C([B])(C=O)C([B])([B])C([B])(C(=O)NC)N(C)Cc1c(C=O)cccc1OCc1cccc(C(O)(O)N2CC(C)OC(C)C2)c1F. The zero-order chi connectivity index (χ0) is 34.0. The van der Waals surface area contributed by atoms with Gasteiger partial charge in [0.2, 0.25) is 5.91 Å². The van der Waals surface area contributed by atoms with Gasteiger partial charge >= 0.3 is 0 Å². The number of halogens is 1. The molecule has 0 saturated carbocycles. The molecule has 3 unspecified atom stereocenters. The minimum atomic E-state index is -2.64. The molecule has 3 N–H and O–H groups in total. The van der Waals surface area contributed by atoms with E-state index in [0.29, 0.717) is 6.29 Å². The second-order valence-electron chi connectivity index (χ2n) is 11.4. The maximum Gasteiger partial charge on any atom is 0.256 e. The summed E-state index contributed by atoms with van der Waals surface area (Å²) in [6, 6.07) is 8.60. The molecule has 45 heavy (non-hydrogen) atoms. The monoisotopic (exact) mass is 609 g/mol. The molecule has 228 valence electrons. The predicted molar refractivity (Wildman–Crippen MR) is 169 cm³/mol. The Morgan fingerprint density at radius 3 is 2.27 bits per heavy atom.